The van der Waals surface area contributed by atoms with Crippen LogP contribution in [0.5, 0.6) is 0 Å². The fraction of sp³-hybridized carbons (Fsp3) is 0.733. The normalized spacial score (nSPS) is 17.7. The van der Waals surface area contributed by atoms with E-state index in [-0.39, 0.29) is 23.5 Å². The van der Waals surface area contributed by atoms with Crippen molar-refractivity contribution in [1.29, 1.82) is 0 Å². The van der Waals surface area contributed by atoms with Crippen molar-refractivity contribution in [2.45, 2.75) is 33.1 Å². The minimum absolute atomic E-state index is 0.0412. The van der Waals surface area contributed by atoms with E-state index in [0.29, 0.717) is 26.1 Å². The molecule has 0 aromatic heterocycles. The first-order valence-electron chi connectivity index (χ1n) is 7.40. The molecule has 0 bridgehead atoms. The Morgan fingerprint density at radius 3 is 2.14 bits per heavy atom. The quantitative estimate of drug-likeness (QED) is 0.662. The molecule has 0 aromatic rings. The molecule has 0 spiro atoms. The van der Waals surface area contributed by atoms with Crippen LogP contribution in [0, 0.1) is 5.92 Å². The van der Waals surface area contributed by atoms with Crippen LogP contribution < -0.4 is 0 Å². The molecule has 1 heterocycles. The third-order valence-corrected chi connectivity index (χ3v) is 3.50. The van der Waals surface area contributed by atoms with Crippen molar-refractivity contribution in [3.05, 3.63) is 11.1 Å². The number of carbonyl (C=O) groups is 2. The topological polar surface area (TPSA) is 87.1 Å². The van der Waals surface area contributed by atoms with E-state index >= 15 is 0 Å². The first kappa shape index (κ1) is 17.7. The van der Waals surface area contributed by atoms with Crippen molar-refractivity contribution >= 4 is 11.9 Å². The first-order valence-corrected chi connectivity index (χ1v) is 7.40. The number of rotatable bonds is 8. The SMILES string of the molecule is CC(C)C/C(C(=O)O)=C(/CCCN1CCOCC1)C(=O)O. The molecule has 0 aliphatic carbocycles. The fourth-order valence-electron chi connectivity index (χ4n) is 2.44. The molecule has 0 amide bonds. The summed E-state index contributed by atoms with van der Waals surface area (Å²) in [7, 11) is 0. The van der Waals surface area contributed by atoms with Crippen molar-refractivity contribution in [1.82, 2.24) is 4.90 Å². The molecular formula is C15H25NO5. The van der Waals surface area contributed by atoms with Crippen LogP contribution in [0.3, 0.4) is 0 Å². The molecule has 1 rings (SSSR count). The Balaban J connectivity index is 2.65. The molecule has 0 atom stereocenters. The largest absolute Gasteiger partial charge is 0.478 e. The van der Waals surface area contributed by atoms with Gasteiger partial charge in [-0.3, -0.25) is 4.90 Å². The van der Waals surface area contributed by atoms with E-state index < -0.39 is 11.9 Å². The van der Waals surface area contributed by atoms with Gasteiger partial charge < -0.3 is 14.9 Å². The summed E-state index contributed by atoms with van der Waals surface area (Å²) in [5.41, 5.74) is 0.0870. The van der Waals surface area contributed by atoms with Gasteiger partial charge in [-0.15, -0.1) is 0 Å². The number of aliphatic carboxylic acids is 2. The Kier molecular flexibility index (Phi) is 7.39. The van der Waals surface area contributed by atoms with E-state index in [1.807, 2.05) is 13.8 Å². The van der Waals surface area contributed by atoms with E-state index in [2.05, 4.69) is 4.90 Å². The highest BCUT2D eigenvalue weighted by Crippen LogP contribution is 2.20. The van der Waals surface area contributed by atoms with Gasteiger partial charge in [-0.05, 0) is 31.7 Å². The van der Waals surface area contributed by atoms with Crippen LogP contribution in [0.2, 0.25) is 0 Å². The minimum atomic E-state index is -1.12. The maximum atomic E-state index is 11.4. The lowest BCUT2D eigenvalue weighted by Crippen LogP contribution is -2.36. The summed E-state index contributed by atoms with van der Waals surface area (Å²) in [5, 5.41) is 18.5. The molecule has 2 N–H and O–H groups in total. The molecule has 0 unspecified atom stereocenters. The van der Waals surface area contributed by atoms with Gasteiger partial charge in [-0.2, -0.15) is 0 Å². The number of carboxylic acid groups (broad SMARTS) is 2. The minimum Gasteiger partial charge on any atom is -0.478 e. The second kappa shape index (κ2) is 8.79. The molecule has 120 valence electrons. The molecule has 0 radical (unpaired) electrons. The smallest absolute Gasteiger partial charge is 0.332 e. The van der Waals surface area contributed by atoms with Crippen LogP contribution in [0.25, 0.3) is 0 Å². The van der Waals surface area contributed by atoms with E-state index in [1.54, 1.807) is 0 Å². The summed E-state index contributed by atoms with van der Waals surface area (Å²) in [4.78, 5) is 24.9. The molecular weight excluding hydrogens is 274 g/mol. The second-order valence-electron chi connectivity index (χ2n) is 5.72. The Hall–Kier alpha value is -1.40. The van der Waals surface area contributed by atoms with Crippen LogP contribution in [0.4, 0.5) is 0 Å². The van der Waals surface area contributed by atoms with Gasteiger partial charge in [-0.1, -0.05) is 13.8 Å². The zero-order valence-electron chi connectivity index (χ0n) is 12.8. The first-order chi connectivity index (χ1) is 9.91. The number of ether oxygens (including phenoxy) is 1. The van der Waals surface area contributed by atoms with Crippen LogP contribution in [-0.2, 0) is 14.3 Å². The summed E-state index contributed by atoms with van der Waals surface area (Å²) in [6, 6.07) is 0. The Labute approximate surface area is 125 Å². The van der Waals surface area contributed by atoms with E-state index in [0.717, 1.165) is 19.6 Å². The Bertz CT molecular complexity index is 397. The molecule has 1 saturated heterocycles. The monoisotopic (exact) mass is 299 g/mol. The van der Waals surface area contributed by atoms with Crippen molar-refractivity contribution in [2.24, 2.45) is 5.92 Å². The molecule has 6 heteroatoms. The highest BCUT2D eigenvalue weighted by Gasteiger charge is 2.21. The summed E-state index contributed by atoms with van der Waals surface area (Å²) in [5.74, 6) is -2.12. The zero-order valence-corrected chi connectivity index (χ0v) is 12.8. The molecule has 21 heavy (non-hydrogen) atoms. The fourth-order valence-corrected chi connectivity index (χ4v) is 2.44. The summed E-state index contributed by atoms with van der Waals surface area (Å²) in [6.45, 7) is 7.65. The lowest BCUT2D eigenvalue weighted by atomic mass is 9.95. The van der Waals surface area contributed by atoms with Crippen LogP contribution in [-0.4, -0.2) is 59.9 Å². The zero-order chi connectivity index (χ0) is 15.8. The van der Waals surface area contributed by atoms with Crippen molar-refractivity contribution in [3.8, 4) is 0 Å². The van der Waals surface area contributed by atoms with Gasteiger partial charge in [0.25, 0.3) is 0 Å². The molecule has 1 aliphatic rings. The maximum absolute atomic E-state index is 11.4. The predicted molar refractivity (Wildman–Crippen MR) is 78.2 cm³/mol. The lowest BCUT2D eigenvalue weighted by molar-refractivity contribution is -0.136. The van der Waals surface area contributed by atoms with E-state index in [9.17, 15) is 19.8 Å². The van der Waals surface area contributed by atoms with Crippen LogP contribution >= 0.6 is 0 Å². The number of carboxylic acids is 2. The third-order valence-electron chi connectivity index (χ3n) is 3.50. The second-order valence-corrected chi connectivity index (χ2v) is 5.72. The molecule has 1 fully saturated rings. The molecule has 0 aromatic carbocycles. The van der Waals surface area contributed by atoms with Gasteiger partial charge in [0.05, 0.1) is 13.2 Å². The highest BCUT2D eigenvalue weighted by molar-refractivity contribution is 5.98. The highest BCUT2D eigenvalue weighted by atomic mass is 16.5. The molecule has 6 nitrogen and oxygen atoms in total. The summed E-state index contributed by atoms with van der Waals surface area (Å²) >= 11 is 0. The van der Waals surface area contributed by atoms with Gasteiger partial charge in [-0.25, -0.2) is 9.59 Å². The van der Waals surface area contributed by atoms with E-state index in [4.69, 9.17) is 4.74 Å². The number of morpholine rings is 1. The third kappa shape index (κ3) is 6.27. The predicted octanol–water partition coefficient (Wildman–Crippen LogP) is 1.61. The number of nitrogens with zero attached hydrogens (tertiary/aromatic N) is 1. The van der Waals surface area contributed by atoms with Crippen molar-refractivity contribution < 1.29 is 24.5 Å². The summed E-state index contributed by atoms with van der Waals surface area (Å²) in [6.07, 6.45) is 1.23. The molecule has 1 aliphatic heterocycles. The average molecular weight is 299 g/mol. The number of hydrogen-bond acceptors (Lipinski definition) is 4. The van der Waals surface area contributed by atoms with Crippen LogP contribution in [0.15, 0.2) is 11.1 Å². The van der Waals surface area contributed by atoms with Gasteiger partial charge >= 0.3 is 11.9 Å². The van der Waals surface area contributed by atoms with Crippen molar-refractivity contribution in [2.75, 3.05) is 32.8 Å². The van der Waals surface area contributed by atoms with Crippen LogP contribution in [0.1, 0.15) is 33.1 Å². The van der Waals surface area contributed by atoms with Gasteiger partial charge in [0, 0.05) is 24.2 Å². The van der Waals surface area contributed by atoms with Gasteiger partial charge in [0.15, 0.2) is 0 Å². The Morgan fingerprint density at radius 2 is 1.67 bits per heavy atom. The average Bonchev–Trinajstić information content (AvgIpc) is 2.42. The standard InChI is InChI=1S/C15H25NO5/c1-11(2)10-13(15(19)20)12(14(17)18)4-3-5-16-6-8-21-9-7-16/h11H,3-10H2,1-2H3,(H,17,18)(H,19,20)/b13-12+. The Morgan fingerprint density at radius 1 is 1.10 bits per heavy atom. The molecule has 0 saturated carbocycles. The maximum Gasteiger partial charge on any atom is 0.332 e. The van der Waals surface area contributed by atoms with E-state index in [1.165, 1.54) is 0 Å². The lowest BCUT2D eigenvalue weighted by Gasteiger charge is -2.26. The van der Waals surface area contributed by atoms with Crippen molar-refractivity contribution in [3.63, 3.8) is 0 Å². The van der Waals surface area contributed by atoms with Gasteiger partial charge in [0.2, 0.25) is 0 Å². The number of hydrogen-bond donors (Lipinski definition) is 2. The van der Waals surface area contributed by atoms with Gasteiger partial charge in [0.1, 0.15) is 0 Å². The summed E-state index contributed by atoms with van der Waals surface area (Å²) < 4.78 is 5.26.